The van der Waals surface area contributed by atoms with E-state index in [4.69, 9.17) is 4.98 Å². The molecule has 1 amide bonds. The highest BCUT2D eigenvalue weighted by molar-refractivity contribution is 7.90. The Morgan fingerprint density at radius 3 is 2.57 bits per heavy atom. The minimum atomic E-state index is -3.30. The standard InChI is InChI=1S/C22H27N3O3S2/c26-22(16-7-4-8-16)25-12-11-19(24-30(27,28)18-9-10-18)20(25)13-17-14-29-21(23-17)15-5-2-1-3-6-15/h1-3,5-6,14,16,18-20,24H,4,7-13H2. The van der Waals surface area contributed by atoms with Crippen LogP contribution < -0.4 is 4.72 Å². The highest BCUT2D eigenvalue weighted by Crippen LogP contribution is 2.34. The largest absolute Gasteiger partial charge is 0.337 e. The first kappa shape index (κ1) is 20.2. The van der Waals surface area contributed by atoms with Crippen LogP contribution in [0.4, 0.5) is 0 Å². The van der Waals surface area contributed by atoms with Crippen molar-refractivity contribution in [3.8, 4) is 10.6 Å². The molecule has 2 heterocycles. The molecule has 0 spiro atoms. The molecule has 3 fully saturated rings. The molecule has 1 saturated heterocycles. The van der Waals surface area contributed by atoms with Crippen LogP contribution in [0, 0.1) is 5.92 Å². The molecule has 1 aliphatic heterocycles. The number of nitrogens with one attached hydrogen (secondary N) is 1. The van der Waals surface area contributed by atoms with Crippen molar-refractivity contribution in [2.75, 3.05) is 6.54 Å². The Labute approximate surface area is 181 Å². The fraction of sp³-hybridized carbons (Fsp3) is 0.545. The van der Waals surface area contributed by atoms with Crippen LogP contribution in [0.5, 0.6) is 0 Å². The van der Waals surface area contributed by atoms with E-state index >= 15 is 0 Å². The molecule has 8 heteroatoms. The van der Waals surface area contributed by atoms with Gasteiger partial charge in [0.05, 0.1) is 17.0 Å². The lowest BCUT2D eigenvalue weighted by Crippen LogP contribution is -2.50. The van der Waals surface area contributed by atoms with Crippen LogP contribution in [0.2, 0.25) is 0 Å². The fourth-order valence-corrected chi connectivity index (χ4v) is 6.91. The number of rotatable bonds is 7. The topological polar surface area (TPSA) is 79.4 Å². The van der Waals surface area contributed by atoms with Gasteiger partial charge in [-0.2, -0.15) is 0 Å². The molecule has 0 bridgehead atoms. The maximum Gasteiger partial charge on any atom is 0.225 e. The van der Waals surface area contributed by atoms with E-state index in [0.29, 0.717) is 19.4 Å². The van der Waals surface area contributed by atoms with Gasteiger partial charge in [0.25, 0.3) is 0 Å². The third-order valence-corrected chi connectivity index (χ3v) is 9.47. The Hall–Kier alpha value is -1.77. The molecule has 30 heavy (non-hydrogen) atoms. The van der Waals surface area contributed by atoms with E-state index in [1.165, 1.54) is 0 Å². The highest BCUT2D eigenvalue weighted by Gasteiger charge is 2.44. The fourth-order valence-electron chi connectivity index (χ4n) is 4.42. The van der Waals surface area contributed by atoms with Crippen LogP contribution in [0.1, 0.15) is 44.2 Å². The second-order valence-corrected chi connectivity index (χ2v) is 11.5. The molecule has 1 aromatic heterocycles. The first-order chi connectivity index (χ1) is 14.5. The summed E-state index contributed by atoms with van der Waals surface area (Å²) in [6.07, 6.45) is 5.75. The van der Waals surface area contributed by atoms with Crippen molar-refractivity contribution in [2.24, 2.45) is 5.92 Å². The van der Waals surface area contributed by atoms with Gasteiger partial charge in [0.2, 0.25) is 15.9 Å². The lowest BCUT2D eigenvalue weighted by Gasteiger charge is -2.34. The summed E-state index contributed by atoms with van der Waals surface area (Å²) >= 11 is 1.59. The molecule has 3 aliphatic rings. The van der Waals surface area contributed by atoms with E-state index < -0.39 is 10.0 Å². The van der Waals surface area contributed by atoms with Crippen molar-refractivity contribution < 1.29 is 13.2 Å². The lowest BCUT2D eigenvalue weighted by atomic mass is 9.84. The Balaban J connectivity index is 1.37. The summed E-state index contributed by atoms with van der Waals surface area (Å²) < 4.78 is 28.1. The molecule has 2 aliphatic carbocycles. The van der Waals surface area contributed by atoms with Crippen LogP contribution in [0.3, 0.4) is 0 Å². The number of carbonyl (C=O) groups excluding carboxylic acids is 1. The monoisotopic (exact) mass is 445 g/mol. The maximum atomic E-state index is 13.0. The number of benzene rings is 1. The average Bonchev–Trinajstić information content (AvgIpc) is 3.36. The summed E-state index contributed by atoms with van der Waals surface area (Å²) in [5, 5.41) is 2.74. The number of carbonyl (C=O) groups is 1. The first-order valence-electron chi connectivity index (χ1n) is 10.8. The van der Waals surface area contributed by atoms with Gasteiger partial charge in [0.1, 0.15) is 5.01 Å². The maximum absolute atomic E-state index is 13.0. The smallest absolute Gasteiger partial charge is 0.225 e. The van der Waals surface area contributed by atoms with Gasteiger partial charge in [-0.05, 0) is 32.1 Å². The molecule has 0 radical (unpaired) electrons. The van der Waals surface area contributed by atoms with Crippen molar-refractivity contribution in [2.45, 2.75) is 62.3 Å². The van der Waals surface area contributed by atoms with Crippen LogP contribution >= 0.6 is 11.3 Å². The van der Waals surface area contributed by atoms with Crippen LogP contribution in [-0.4, -0.2) is 48.1 Å². The van der Waals surface area contributed by atoms with Gasteiger partial charge in [-0.3, -0.25) is 4.79 Å². The number of thiazole rings is 1. The van der Waals surface area contributed by atoms with E-state index in [2.05, 4.69) is 4.72 Å². The number of sulfonamides is 1. The zero-order valence-corrected chi connectivity index (χ0v) is 18.5. The molecule has 2 aromatic rings. The van der Waals surface area contributed by atoms with Crippen molar-refractivity contribution in [3.05, 3.63) is 41.4 Å². The third-order valence-electron chi connectivity index (χ3n) is 6.55. The third kappa shape index (κ3) is 4.05. The second kappa shape index (κ2) is 8.05. The molecule has 6 nitrogen and oxygen atoms in total. The van der Waals surface area contributed by atoms with Crippen LogP contribution in [-0.2, 0) is 21.2 Å². The number of nitrogens with zero attached hydrogens (tertiary/aromatic N) is 2. The molecule has 1 N–H and O–H groups in total. The first-order valence-corrected chi connectivity index (χ1v) is 13.3. The van der Waals surface area contributed by atoms with Crippen molar-refractivity contribution in [3.63, 3.8) is 0 Å². The minimum absolute atomic E-state index is 0.113. The lowest BCUT2D eigenvalue weighted by molar-refractivity contribution is -0.139. The molecule has 160 valence electrons. The second-order valence-electron chi connectivity index (χ2n) is 8.70. The summed E-state index contributed by atoms with van der Waals surface area (Å²) in [5.74, 6) is 0.305. The van der Waals surface area contributed by atoms with E-state index in [0.717, 1.165) is 48.4 Å². The normalized spacial score (nSPS) is 24.7. The van der Waals surface area contributed by atoms with Crippen LogP contribution in [0.15, 0.2) is 35.7 Å². The van der Waals surface area contributed by atoms with Gasteiger partial charge >= 0.3 is 0 Å². The Morgan fingerprint density at radius 1 is 1.13 bits per heavy atom. The van der Waals surface area contributed by atoms with Gasteiger partial charge in [-0.25, -0.2) is 18.1 Å². The quantitative estimate of drug-likeness (QED) is 0.710. The number of amides is 1. The van der Waals surface area contributed by atoms with E-state index in [-0.39, 0.29) is 29.2 Å². The van der Waals surface area contributed by atoms with Gasteiger partial charge < -0.3 is 4.90 Å². The van der Waals surface area contributed by atoms with E-state index in [1.807, 2.05) is 40.6 Å². The summed E-state index contributed by atoms with van der Waals surface area (Å²) in [6, 6.07) is 9.65. The van der Waals surface area contributed by atoms with Crippen molar-refractivity contribution >= 4 is 27.3 Å². The molecular formula is C22H27N3O3S2. The zero-order chi connectivity index (χ0) is 20.7. The summed E-state index contributed by atoms with van der Waals surface area (Å²) in [5.41, 5.74) is 2.00. The molecule has 1 aromatic carbocycles. The molecule has 2 saturated carbocycles. The van der Waals surface area contributed by atoms with Crippen molar-refractivity contribution in [1.82, 2.24) is 14.6 Å². The SMILES string of the molecule is O=C(C1CCC1)N1CCC(NS(=O)(=O)C2CC2)C1Cc1csc(-c2ccccc2)n1. The number of aromatic nitrogens is 1. The zero-order valence-electron chi connectivity index (χ0n) is 16.9. The minimum Gasteiger partial charge on any atom is -0.337 e. The van der Waals surface area contributed by atoms with Gasteiger partial charge in [-0.15, -0.1) is 11.3 Å². The Morgan fingerprint density at radius 2 is 1.90 bits per heavy atom. The molecule has 5 rings (SSSR count). The molecular weight excluding hydrogens is 418 g/mol. The average molecular weight is 446 g/mol. The number of hydrogen-bond donors (Lipinski definition) is 1. The van der Waals surface area contributed by atoms with E-state index in [1.54, 1.807) is 11.3 Å². The van der Waals surface area contributed by atoms with Gasteiger partial charge in [0.15, 0.2) is 0 Å². The van der Waals surface area contributed by atoms with E-state index in [9.17, 15) is 13.2 Å². The van der Waals surface area contributed by atoms with Crippen molar-refractivity contribution in [1.29, 1.82) is 0 Å². The Kier molecular flexibility index (Phi) is 5.41. The Bertz CT molecular complexity index is 1010. The summed E-state index contributed by atoms with van der Waals surface area (Å²) in [6.45, 7) is 0.619. The predicted octanol–water partition coefficient (Wildman–Crippen LogP) is 3.20. The van der Waals surface area contributed by atoms with Gasteiger partial charge in [0, 0.05) is 35.9 Å². The number of hydrogen-bond acceptors (Lipinski definition) is 5. The summed E-state index contributed by atoms with van der Waals surface area (Å²) in [4.78, 5) is 19.8. The predicted molar refractivity (Wildman–Crippen MR) is 118 cm³/mol. The number of likely N-dealkylation sites (tertiary alicyclic amines) is 1. The van der Waals surface area contributed by atoms with Gasteiger partial charge in [-0.1, -0.05) is 36.8 Å². The summed E-state index contributed by atoms with van der Waals surface area (Å²) in [7, 11) is -3.30. The van der Waals surface area contributed by atoms with Crippen LogP contribution in [0.25, 0.3) is 10.6 Å². The molecule has 2 unspecified atom stereocenters. The highest BCUT2D eigenvalue weighted by atomic mass is 32.2. The molecule has 2 atom stereocenters.